The summed E-state index contributed by atoms with van der Waals surface area (Å²) in [6, 6.07) is 5.23. The molecule has 18 heavy (non-hydrogen) atoms. The minimum Gasteiger partial charge on any atom is -0.211 e. The number of benzene rings is 1. The number of halogens is 1. The molecule has 0 fully saturated rings. The fourth-order valence-corrected chi connectivity index (χ4v) is 3.27. The molecule has 1 rings (SSSR count). The zero-order valence-electron chi connectivity index (χ0n) is 10.9. The van der Waals surface area contributed by atoms with Gasteiger partial charge < -0.3 is 0 Å². The lowest BCUT2D eigenvalue weighted by Crippen LogP contribution is -2.24. The van der Waals surface area contributed by atoms with Crippen molar-refractivity contribution in [2.75, 3.05) is 11.0 Å². The highest BCUT2D eigenvalue weighted by molar-refractivity contribution is 14.1. The maximum Gasteiger partial charge on any atom is 0.240 e. The van der Waals surface area contributed by atoms with Gasteiger partial charge in [-0.3, -0.25) is 0 Å². The molecule has 0 aliphatic heterocycles. The second kappa shape index (κ2) is 7.45. The lowest BCUT2D eigenvalue weighted by atomic mass is 10.1. The van der Waals surface area contributed by atoms with Crippen LogP contribution in [-0.4, -0.2) is 19.4 Å². The van der Waals surface area contributed by atoms with Crippen molar-refractivity contribution in [3.63, 3.8) is 0 Å². The Morgan fingerprint density at radius 1 is 1.11 bits per heavy atom. The molecule has 1 aromatic rings. The Morgan fingerprint density at radius 2 is 1.83 bits per heavy atom. The van der Waals surface area contributed by atoms with Crippen molar-refractivity contribution in [2.45, 2.75) is 38.0 Å². The Kier molecular flexibility index (Phi) is 6.59. The fraction of sp³-hybridized carbons (Fsp3) is 0.538. The largest absolute Gasteiger partial charge is 0.240 e. The van der Waals surface area contributed by atoms with Crippen LogP contribution in [0.2, 0.25) is 0 Å². The van der Waals surface area contributed by atoms with E-state index in [-0.39, 0.29) is 0 Å². The molecule has 0 spiro atoms. The smallest absolute Gasteiger partial charge is 0.211 e. The van der Waals surface area contributed by atoms with Crippen LogP contribution in [-0.2, 0) is 10.0 Å². The maximum atomic E-state index is 12.0. The summed E-state index contributed by atoms with van der Waals surface area (Å²) < 4.78 is 27.8. The van der Waals surface area contributed by atoms with E-state index in [1.165, 1.54) is 0 Å². The van der Waals surface area contributed by atoms with Crippen molar-refractivity contribution >= 4 is 32.6 Å². The third-order valence-corrected chi connectivity index (χ3v) is 5.11. The van der Waals surface area contributed by atoms with Crippen molar-refractivity contribution in [3.8, 4) is 0 Å². The van der Waals surface area contributed by atoms with Gasteiger partial charge in [-0.2, -0.15) is 0 Å². The van der Waals surface area contributed by atoms with Gasteiger partial charge in [-0.1, -0.05) is 35.1 Å². The van der Waals surface area contributed by atoms with Crippen molar-refractivity contribution in [1.29, 1.82) is 0 Å². The molecular formula is C13H20INO2S. The normalized spacial score (nSPS) is 11.7. The summed E-state index contributed by atoms with van der Waals surface area (Å²) in [6.45, 7) is 4.42. The highest BCUT2D eigenvalue weighted by Gasteiger charge is 2.13. The standard InChI is InChI=1S/C13H20INO2S/c1-11-6-7-13(10-12(11)2)18(16,17)15-9-5-3-4-8-14/h6-7,10,15H,3-5,8-9H2,1-2H3. The Balaban J connectivity index is 2.60. The molecule has 0 bridgehead atoms. The molecule has 102 valence electrons. The van der Waals surface area contributed by atoms with Gasteiger partial charge in [-0.05, 0) is 54.4 Å². The first kappa shape index (κ1) is 15.9. The van der Waals surface area contributed by atoms with Crippen LogP contribution in [0.4, 0.5) is 0 Å². The molecule has 5 heteroatoms. The van der Waals surface area contributed by atoms with E-state index < -0.39 is 10.0 Å². The third kappa shape index (κ3) is 4.85. The lowest BCUT2D eigenvalue weighted by Gasteiger charge is -2.08. The van der Waals surface area contributed by atoms with E-state index in [0.29, 0.717) is 11.4 Å². The van der Waals surface area contributed by atoms with Gasteiger partial charge in [0, 0.05) is 6.54 Å². The Bertz CT molecular complexity index is 486. The van der Waals surface area contributed by atoms with Crippen LogP contribution in [0, 0.1) is 13.8 Å². The monoisotopic (exact) mass is 381 g/mol. The molecule has 0 aliphatic carbocycles. The van der Waals surface area contributed by atoms with E-state index in [9.17, 15) is 8.42 Å². The van der Waals surface area contributed by atoms with Gasteiger partial charge in [0.15, 0.2) is 0 Å². The number of unbranched alkanes of at least 4 members (excludes halogenated alkanes) is 2. The Morgan fingerprint density at radius 3 is 2.44 bits per heavy atom. The van der Waals surface area contributed by atoms with Crippen LogP contribution < -0.4 is 4.72 Å². The molecule has 1 N–H and O–H groups in total. The highest BCUT2D eigenvalue weighted by Crippen LogP contribution is 2.14. The van der Waals surface area contributed by atoms with Crippen molar-refractivity contribution < 1.29 is 8.42 Å². The van der Waals surface area contributed by atoms with E-state index >= 15 is 0 Å². The topological polar surface area (TPSA) is 46.2 Å². The van der Waals surface area contributed by atoms with Crippen LogP contribution in [0.1, 0.15) is 30.4 Å². The third-order valence-electron chi connectivity index (χ3n) is 2.89. The molecule has 3 nitrogen and oxygen atoms in total. The number of alkyl halides is 1. The Hall–Kier alpha value is -0.140. The van der Waals surface area contributed by atoms with Crippen LogP contribution in [0.3, 0.4) is 0 Å². The summed E-state index contributed by atoms with van der Waals surface area (Å²) in [4.78, 5) is 0.361. The molecule has 0 amide bonds. The molecule has 0 saturated carbocycles. The summed E-state index contributed by atoms with van der Waals surface area (Å²) in [5.74, 6) is 0. The first-order chi connectivity index (χ1) is 8.47. The number of nitrogens with one attached hydrogen (secondary N) is 1. The molecule has 0 heterocycles. The average Bonchev–Trinajstić information content (AvgIpc) is 2.32. The second-order valence-corrected chi connectivity index (χ2v) is 7.24. The van der Waals surface area contributed by atoms with E-state index in [4.69, 9.17) is 0 Å². The van der Waals surface area contributed by atoms with Crippen LogP contribution in [0.5, 0.6) is 0 Å². The molecule has 0 atom stereocenters. The van der Waals surface area contributed by atoms with Gasteiger partial charge in [0.1, 0.15) is 0 Å². The fourth-order valence-electron chi connectivity index (χ4n) is 1.57. The number of rotatable bonds is 7. The molecule has 0 radical (unpaired) electrons. The molecule has 0 unspecified atom stereocenters. The van der Waals surface area contributed by atoms with Gasteiger partial charge in [-0.25, -0.2) is 13.1 Å². The zero-order chi connectivity index (χ0) is 13.6. The lowest BCUT2D eigenvalue weighted by molar-refractivity contribution is 0.576. The highest BCUT2D eigenvalue weighted by atomic mass is 127. The van der Waals surface area contributed by atoms with Crippen LogP contribution in [0.25, 0.3) is 0 Å². The molecule has 0 saturated heterocycles. The summed E-state index contributed by atoms with van der Waals surface area (Å²) in [5.41, 5.74) is 2.11. The van der Waals surface area contributed by atoms with Gasteiger partial charge >= 0.3 is 0 Å². The van der Waals surface area contributed by atoms with Gasteiger partial charge in [0.05, 0.1) is 4.90 Å². The first-order valence-electron chi connectivity index (χ1n) is 6.10. The number of hydrogen-bond donors (Lipinski definition) is 1. The summed E-state index contributed by atoms with van der Waals surface area (Å²) >= 11 is 2.33. The average molecular weight is 381 g/mol. The number of sulfonamides is 1. The maximum absolute atomic E-state index is 12.0. The summed E-state index contributed by atoms with van der Waals surface area (Å²) in [6.07, 6.45) is 3.11. The van der Waals surface area contributed by atoms with E-state index in [1.807, 2.05) is 19.9 Å². The molecule has 0 aliphatic rings. The van der Waals surface area contributed by atoms with E-state index in [1.54, 1.807) is 12.1 Å². The Labute approximate surface area is 124 Å². The molecule has 1 aromatic carbocycles. The molecule has 0 aromatic heterocycles. The van der Waals surface area contributed by atoms with E-state index in [0.717, 1.165) is 34.8 Å². The predicted molar refractivity (Wildman–Crippen MR) is 83.8 cm³/mol. The quantitative estimate of drug-likeness (QED) is 0.448. The van der Waals surface area contributed by atoms with Gasteiger partial charge in [0.2, 0.25) is 10.0 Å². The summed E-state index contributed by atoms with van der Waals surface area (Å²) in [5, 5.41) is 0. The zero-order valence-corrected chi connectivity index (χ0v) is 13.8. The van der Waals surface area contributed by atoms with Crippen LogP contribution in [0.15, 0.2) is 23.1 Å². The van der Waals surface area contributed by atoms with Crippen molar-refractivity contribution in [3.05, 3.63) is 29.3 Å². The van der Waals surface area contributed by atoms with Crippen molar-refractivity contribution in [1.82, 2.24) is 4.72 Å². The van der Waals surface area contributed by atoms with Gasteiger partial charge in [-0.15, -0.1) is 0 Å². The summed E-state index contributed by atoms with van der Waals surface area (Å²) in [7, 11) is -3.34. The number of hydrogen-bond acceptors (Lipinski definition) is 2. The minimum absolute atomic E-state index is 0.361. The SMILES string of the molecule is Cc1ccc(S(=O)(=O)NCCCCCI)cc1C. The van der Waals surface area contributed by atoms with Crippen LogP contribution >= 0.6 is 22.6 Å². The predicted octanol–water partition coefficient (Wildman–Crippen LogP) is 3.19. The number of aryl methyl sites for hydroxylation is 2. The minimum atomic E-state index is -3.34. The van der Waals surface area contributed by atoms with E-state index in [2.05, 4.69) is 27.3 Å². The second-order valence-electron chi connectivity index (χ2n) is 4.39. The first-order valence-corrected chi connectivity index (χ1v) is 9.11. The van der Waals surface area contributed by atoms with Gasteiger partial charge in [0.25, 0.3) is 0 Å². The van der Waals surface area contributed by atoms with Crippen molar-refractivity contribution in [2.24, 2.45) is 0 Å². The molecular weight excluding hydrogens is 361 g/mol.